The minimum absolute atomic E-state index is 1.29. The fourth-order valence-electron chi connectivity index (χ4n) is 1.95. The van der Waals surface area contributed by atoms with Crippen molar-refractivity contribution in [1.82, 2.24) is 0 Å². The fourth-order valence-corrected chi connectivity index (χ4v) is 1.95. The van der Waals surface area contributed by atoms with E-state index in [-0.39, 0.29) is 0 Å². The van der Waals surface area contributed by atoms with Gasteiger partial charge in [0, 0.05) is 0 Å². The van der Waals surface area contributed by atoms with Crippen LogP contribution in [0.2, 0.25) is 0 Å². The molecule has 0 amide bonds. The molecule has 0 fully saturated rings. The molecule has 0 unspecified atom stereocenters. The Kier molecular flexibility index (Phi) is 6.45. The van der Waals surface area contributed by atoms with Crippen molar-refractivity contribution in [2.24, 2.45) is 0 Å². The molecule has 0 heterocycles. The van der Waals surface area contributed by atoms with E-state index in [2.05, 4.69) is 27.8 Å². The molecule has 74 valence electrons. The van der Waals surface area contributed by atoms with Crippen molar-refractivity contribution < 1.29 is 4.48 Å². The summed E-state index contributed by atoms with van der Waals surface area (Å²) >= 11 is 0. The molecule has 0 bridgehead atoms. The number of quaternary nitrogens is 1. The van der Waals surface area contributed by atoms with Crippen molar-refractivity contribution in [3.63, 3.8) is 0 Å². The lowest BCUT2D eigenvalue weighted by atomic mass is 10.2. The normalized spacial score (nSPS) is 12.0. The zero-order chi connectivity index (χ0) is 9.45. The minimum atomic E-state index is 1.29. The molecule has 0 spiro atoms. The van der Waals surface area contributed by atoms with E-state index in [1.165, 1.54) is 49.8 Å². The molecule has 0 aliphatic carbocycles. The lowest BCUT2D eigenvalue weighted by molar-refractivity contribution is -0.909. The largest absolute Gasteiger partial charge is 0.326 e. The van der Waals surface area contributed by atoms with Gasteiger partial charge in [-0.25, -0.2) is 0 Å². The molecule has 0 saturated carbocycles. The summed E-state index contributed by atoms with van der Waals surface area (Å²) in [6.07, 6.45) is 5.36. The van der Waals surface area contributed by atoms with Crippen LogP contribution < -0.4 is 0 Å². The summed E-state index contributed by atoms with van der Waals surface area (Å²) in [4.78, 5) is 0. The van der Waals surface area contributed by atoms with Crippen LogP contribution >= 0.6 is 0 Å². The Morgan fingerprint density at radius 2 is 1.25 bits per heavy atom. The van der Waals surface area contributed by atoms with Crippen LogP contribution in [-0.4, -0.2) is 31.2 Å². The Balaban J connectivity index is 3.80. The first-order valence-electron chi connectivity index (χ1n) is 5.52. The maximum absolute atomic E-state index is 2.41. The first-order chi connectivity index (χ1) is 5.68. The third kappa shape index (κ3) is 4.76. The minimum Gasteiger partial charge on any atom is -0.326 e. The fraction of sp³-hybridized carbons (Fsp3) is 1.00. The monoisotopic (exact) mass is 172 g/mol. The van der Waals surface area contributed by atoms with Crippen molar-refractivity contribution in [3.8, 4) is 0 Å². The molecule has 0 saturated heterocycles. The van der Waals surface area contributed by atoms with Gasteiger partial charge in [0.2, 0.25) is 0 Å². The predicted octanol–water partition coefficient (Wildman–Crippen LogP) is 3.05. The van der Waals surface area contributed by atoms with E-state index in [1.807, 2.05) is 0 Å². The van der Waals surface area contributed by atoms with Gasteiger partial charge in [-0.15, -0.1) is 0 Å². The Bertz CT molecular complexity index is 93.2. The summed E-state index contributed by atoms with van der Waals surface area (Å²) in [5.41, 5.74) is 0. The van der Waals surface area contributed by atoms with Gasteiger partial charge in [0.25, 0.3) is 0 Å². The lowest BCUT2D eigenvalue weighted by Gasteiger charge is -2.34. The van der Waals surface area contributed by atoms with Gasteiger partial charge in [-0.05, 0) is 19.3 Å². The van der Waals surface area contributed by atoms with Crippen LogP contribution in [0, 0.1) is 0 Å². The van der Waals surface area contributed by atoms with Crippen LogP contribution in [-0.2, 0) is 0 Å². The zero-order valence-corrected chi connectivity index (χ0v) is 9.40. The van der Waals surface area contributed by atoms with Crippen molar-refractivity contribution in [2.45, 2.75) is 46.5 Å². The van der Waals surface area contributed by atoms with Crippen molar-refractivity contribution >= 4 is 0 Å². The topological polar surface area (TPSA) is 0 Å². The molecule has 0 atom stereocenters. The average Bonchev–Trinajstić information content (AvgIpc) is 2.02. The van der Waals surface area contributed by atoms with Crippen molar-refractivity contribution in [1.29, 1.82) is 0 Å². The first-order valence-corrected chi connectivity index (χ1v) is 5.52. The molecule has 0 radical (unpaired) electrons. The highest BCUT2D eigenvalue weighted by Gasteiger charge is 2.17. The van der Waals surface area contributed by atoms with Crippen LogP contribution in [0.3, 0.4) is 0 Å². The standard InChI is InChI=1S/C11H26N/c1-5-8-11-12(4,9-6-2)10-7-3/h5-11H2,1-4H3/q+1. The second-order valence-corrected chi connectivity index (χ2v) is 4.14. The smallest absolute Gasteiger partial charge is 0.0784 e. The molecule has 0 N–H and O–H groups in total. The summed E-state index contributed by atoms with van der Waals surface area (Å²) in [7, 11) is 2.41. The van der Waals surface area contributed by atoms with Gasteiger partial charge in [0.05, 0.1) is 26.7 Å². The molecule has 1 nitrogen and oxygen atoms in total. The number of nitrogens with zero attached hydrogens (tertiary/aromatic N) is 1. The highest BCUT2D eigenvalue weighted by atomic mass is 15.3. The molecule has 0 aliphatic heterocycles. The molecule has 0 aromatic rings. The van der Waals surface area contributed by atoms with Gasteiger partial charge in [-0.1, -0.05) is 27.2 Å². The molecule has 0 aromatic carbocycles. The van der Waals surface area contributed by atoms with Crippen molar-refractivity contribution in [3.05, 3.63) is 0 Å². The predicted molar refractivity (Wildman–Crippen MR) is 56.3 cm³/mol. The Morgan fingerprint density at radius 3 is 1.58 bits per heavy atom. The van der Waals surface area contributed by atoms with Crippen LogP contribution in [0.1, 0.15) is 46.5 Å². The van der Waals surface area contributed by atoms with E-state index < -0.39 is 0 Å². The zero-order valence-electron chi connectivity index (χ0n) is 9.40. The first kappa shape index (κ1) is 12.0. The Morgan fingerprint density at radius 1 is 0.750 bits per heavy atom. The quantitative estimate of drug-likeness (QED) is 0.518. The van der Waals surface area contributed by atoms with Crippen LogP contribution in [0.15, 0.2) is 0 Å². The molecule has 0 aromatic heterocycles. The molecular formula is C11H26N+. The molecule has 12 heavy (non-hydrogen) atoms. The molecule has 0 aliphatic rings. The summed E-state index contributed by atoms with van der Waals surface area (Å²) in [5, 5.41) is 0. The SMILES string of the molecule is CCCC[N+](C)(CCC)CCC. The van der Waals surface area contributed by atoms with Gasteiger partial charge >= 0.3 is 0 Å². The van der Waals surface area contributed by atoms with Crippen molar-refractivity contribution in [2.75, 3.05) is 26.7 Å². The van der Waals surface area contributed by atoms with E-state index >= 15 is 0 Å². The summed E-state index contributed by atoms with van der Waals surface area (Å²) in [6.45, 7) is 10.9. The second kappa shape index (κ2) is 6.47. The third-order valence-corrected chi connectivity index (χ3v) is 2.58. The van der Waals surface area contributed by atoms with Gasteiger partial charge < -0.3 is 4.48 Å². The molecule has 0 rings (SSSR count). The van der Waals surface area contributed by atoms with E-state index in [0.29, 0.717) is 0 Å². The van der Waals surface area contributed by atoms with Crippen LogP contribution in [0.25, 0.3) is 0 Å². The van der Waals surface area contributed by atoms with E-state index in [4.69, 9.17) is 0 Å². The number of unbranched alkanes of at least 4 members (excludes halogenated alkanes) is 1. The maximum Gasteiger partial charge on any atom is 0.0784 e. The summed E-state index contributed by atoms with van der Waals surface area (Å²) < 4.78 is 1.29. The second-order valence-electron chi connectivity index (χ2n) is 4.14. The van der Waals surface area contributed by atoms with E-state index in [0.717, 1.165) is 0 Å². The number of hydrogen-bond donors (Lipinski definition) is 0. The molecule has 1 heteroatoms. The lowest BCUT2D eigenvalue weighted by Crippen LogP contribution is -2.45. The number of rotatable bonds is 7. The Hall–Kier alpha value is -0.0400. The Labute approximate surface area is 78.4 Å². The summed E-state index contributed by atoms with van der Waals surface area (Å²) in [6, 6.07) is 0. The highest BCUT2D eigenvalue weighted by molar-refractivity contribution is 4.40. The third-order valence-electron chi connectivity index (χ3n) is 2.58. The van der Waals surface area contributed by atoms with E-state index in [9.17, 15) is 0 Å². The van der Waals surface area contributed by atoms with E-state index in [1.54, 1.807) is 0 Å². The van der Waals surface area contributed by atoms with Gasteiger partial charge in [-0.3, -0.25) is 0 Å². The van der Waals surface area contributed by atoms with Crippen LogP contribution in [0.4, 0.5) is 0 Å². The highest BCUT2D eigenvalue weighted by Crippen LogP contribution is 2.08. The summed E-state index contributed by atoms with van der Waals surface area (Å²) in [5.74, 6) is 0. The van der Waals surface area contributed by atoms with Gasteiger partial charge in [0.1, 0.15) is 0 Å². The molecular weight excluding hydrogens is 146 g/mol. The van der Waals surface area contributed by atoms with Gasteiger partial charge in [-0.2, -0.15) is 0 Å². The van der Waals surface area contributed by atoms with Gasteiger partial charge in [0.15, 0.2) is 0 Å². The van der Waals surface area contributed by atoms with Crippen LogP contribution in [0.5, 0.6) is 0 Å². The maximum atomic E-state index is 2.41. The number of hydrogen-bond acceptors (Lipinski definition) is 0. The average molecular weight is 172 g/mol.